The topological polar surface area (TPSA) is 90.1 Å². The van der Waals surface area contributed by atoms with E-state index >= 15 is 0 Å². The van der Waals surface area contributed by atoms with Crippen LogP contribution in [-0.2, 0) is 6.54 Å². The van der Waals surface area contributed by atoms with Crippen LogP contribution in [0.4, 0.5) is 0 Å². The number of rotatable bonds is 6. The Morgan fingerprint density at radius 2 is 2.00 bits per heavy atom. The van der Waals surface area contributed by atoms with Crippen LogP contribution in [0.25, 0.3) is 11.5 Å². The van der Waals surface area contributed by atoms with Gasteiger partial charge in [0.05, 0.1) is 0 Å². The van der Waals surface area contributed by atoms with E-state index in [9.17, 15) is 4.79 Å². The van der Waals surface area contributed by atoms with Crippen LogP contribution >= 0.6 is 0 Å². The molecule has 0 saturated heterocycles. The third kappa shape index (κ3) is 4.19. The van der Waals surface area contributed by atoms with Crippen molar-refractivity contribution in [1.29, 1.82) is 0 Å². The molecule has 4 rings (SSSR count). The molecule has 1 aliphatic rings. The minimum atomic E-state index is -0.163. The van der Waals surface area contributed by atoms with Crippen molar-refractivity contribution in [2.75, 3.05) is 0 Å². The highest BCUT2D eigenvalue weighted by Gasteiger charge is 2.19. The number of nitrogens with one attached hydrogen (secondary N) is 1. The van der Waals surface area contributed by atoms with Crippen LogP contribution in [0.5, 0.6) is 5.88 Å². The summed E-state index contributed by atoms with van der Waals surface area (Å²) < 4.78 is 11.2. The standard InChI is InChI=1S/C21H22N4O3/c1-14-24-21(28-25-14)16-10-8-15(9-11-16)19(26)23-13-17-5-4-12-22-20(17)27-18-6-2-3-7-18/h4-5,8-12,18H,2-3,6-7,13H2,1H3,(H,23,26). The minimum absolute atomic E-state index is 0.163. The Morgan fingerprint density at radius 3 is 2.71 bits per heavy atom. The highest BCUT2D eigenvalue weighted by atomic mass is 16.5. The summed E-state index contributed by atoms with van der Waals surface area (Å²) in [5, 5.41) is 6.71. The van der Waals surface area contributed by atoms with E-state index < -0.39 is 0 Å². The zero-order valence-electron chi connectivity index (χ0n) is 15.7. The number of carbonyl (C=O) groups excluding carboxylic acids is 1. The van der Waals surface area contributed by atoms with Crippen molar-refractivity contribution in [3.8, 4) is 17.3 Å². The minimum Gasteiger partial charge on any atom is -0.474 e. The molecule has 1 N–H and O–H groups in total. The third-order valence-electron chi connectivity index (χ3n) is 4.79. The molecule has 1 amide bonds. The van der Waals surface area contributed by atoms with Crippen LogP contribution < -0.4 is 10.1 Å². The van der Waals surface area contributed by atoms with Crippen LogP contribution in [0.1, 0.15) is 47.4 Å². The molecule has 0 spiro atoms. The lowest BCUT2D eigenvalue weighted by atomic mass is 10.1. The van der Waals surface area contributed by atoms with Gasteiger partial charge in [0, 0.05) is 29.4 Å². The summed E-state index contributed by atoms with van der Waals surface area (Å²) >= 11 is 0. The Hall–Kier alpha value is -3.22. The van der Waals surface area contributed by atoms with Crippen LogP contribution in [-0.4, -0.2) is 27.1 Å². The Bertz CT molecular complexity index is 946. The Morgan fingerprint density at radius 1 is 1.21 bits per heavy atom. The summed E-state index contributed by atoms with van der Waals surface area (Å²) in [7, 11) is 0. The van der Waals surface area contributed by atoms with Crippen molar-refractivity contribution in [3.63, 3.8) is 0 Å². The number of hydrogen-bond donors (Lipinski definition) is 1. The first kappa shape index (κ1) is 18.2. The highest BCUT2D eigenvalue weighted by Crippen LogP contribution is 2.25. The highest BCUT2D eigenvalue weighted by molar-refractivity contribution is 5.94. The molecule has 1 aliphatic carbocycles. The van der Waals surface area contributed by atoms with Gasteiger partial charge in [-0.05, 0) is 62.9 Å². The second-order valence-electron chi connectivity index (χ2n) is 6.90. The fourth-order valence-corrected chi connectivity index (χ4v) is 3.28. The van der Waals surface area contributed by atoms with Gasteiger partial charge in [-0.3, -0.25) is 4.79 Å². The van der Waals surface area contributed by atoms with Crippen LogP contribution in [0.3, 0.4) is 0 Å². The molecule has 2 heterocycles. The lowest BCUT2D eigenvalue weighted by Gasteiger charge is -2.15. The molecule has 1 aromatic carbocycles. The van der Waals surface area contributed by atoms with Crippen molar-refractivity contribution in [2.24, 2.45) is 0 Å². The molecule has 2 aromatic heterocycles. The van der Waals surface area contributed by atoms with E-state index in [2.05, 4.69) is 20.4 Å². The number of amides is 1. The summed E-state index contributed by atoms with van der Waals surface area (Å²) in [5.41, 5.74) is 2.21. The molecule has 0 radical (unpaired) electrons. The summed E-state index contributed by atoms with van der Waals surface area (Å²) in [4.78, 5) is 21.0. The van der Waals surface area contributed by atoms with Crippen LogP contribution in [0, 0.1) is 6.92 Å². The van der Waals surface area contributed by atoms with Crippen molar-refractivity contribution in [1.82, 2.24) is 20.4 Å². The number of ether oxygens (including phenoxy) is 1. The molecule has 3 aromatic rings. The first-order valence-corrected chi connectivity index (χ1v) is 9.48. The van der Waals surface area contributed by atoms with Gasteiger partial charge in [0.15, 0.2) is 5.82 Å². The number of aryl methyl sites for hydroxylation is 1. The number of hydrogen-bond acceptors (Lipinski definition) is 6. The number of aromatic nitrogens is 3. The fraction of sp³-hybridized carbons (Fsp3) is 0.333. The van der Waals surface area contributed by atoms with Crippen LogP contribution in [0.15, 0.2) is 47.1 Å². The van der Waals surface area contributed by atoms with Gasteiger partial charge in [0.1, 0.15) is 6.10 Å². The van der Waals surface area contributed by atoms with E-state index in [1.165, 1.54) is 12.8 Å². The lowest BCUT2D eigenvalue weighted by Crippen LogP contribution is -2.23. The number of carbonyl (C=O) groups is 1. The maximum absolute atomic E-state index is 12.5. The van der Waals surface area contributed by atoms with Gasteiger partial charge in [-0.2, -0.15) is 4.98 Å². The van der Waals surface area contributed by atoms with Gasteiger partial charge < -0.3 is 14.6 Å². The quantitative estimate of drug-likeness (QED) is 0.703. The van der Waals surface area contributed by atoms with E-state index in [-0.39, 0.29) is 12.0 Å². The molecule has 0 bridgehead atoms. The molecular formula is C21H22N4O3. The fourth-order valence-electron chi connectivity index (χ4n) is 3.28. The number of benzene rings is 1. The Kier molecular flexibility index (Phi) is 5.32. The monoisotopic (exact) mass is 378 g/mol. The maximum atomic E-state index is 12.5. The molecule has 7 heteroatoms. The van der Waals surface area contributed by atoms with Crippen molar-refractivity contribution in [2.45, 2.75) is 45.3 Å². The van der Waals surface area contributed by atoms with Gasteiger partial charge >= 0.3 is 0 Å². The first-order valence-electron chi connectivity index (χ1n) is 9.48. The zero-order valence-corrected chi connectivity index (χ0v) is 15.7. The number of nitrogens with zero attached hydrogens (tertiary/aromatic N) is 3. The van der Waals surface area contributed by atoms with Gasteiger partial charge in [-0.25, -0.2) is 4.98 Å². The van der Waals surface area contributed by atoms with Gasteiger partial charge in [0.25, 0.3) is 11.8 Å². The summed E-state index contributed by atoms with van der Waals surface area (Å²) in [6.07, 6.45) is 6.46. The largest absolute Gasteiger partial charge is 0.474 e. The zero-order chi connectivity index (χ0) is 19.3. The molecule has 7 nitrogen and oxygen atoms in total. The molecule has 0 unspecified atom stereocenters. The van der Waals surface area contributed by atoms with E-state index in [1.54, 1.807) is 37.4 Å². The van der Waals surface area contributed by atoms with E-state index in [4.69, 9.17) is 9.26 Å². The molecule has 28 heavy (non-hydrogen) atoms. The second kappa shape index (κ2) is 8.21. The van der Waals surface area contributed by atoms with Gasteiger partial charge in [0.2, 0.25) is 5.88 Å². The van der Waals surface area contributed by atoms with Gasteiger partial charge in [-0.1, -0.05) is 11.2 Å². The molecule has 144 valence electrons. The van der Waals surface area contributed by atoms with E-state index in [0.717, 1.165) is 24.0 Å². The second-order valence-corrected chi connectivity index (χ2v) is 6.90. The predicted octanol–water partition coefficient (Wildman–Crippen LogP) is 3.69. The molecule has 1 fully saturated rings. The smallest absolute Gasteiger partial charge is 0.257 e. The first-order chi connectivity index (χ1) is 13.7. The number of pyridine rings is 1. The molecule has 1 saturated carbocycles. The maximum Gasteiger partial charge on any atom is 0.257 e. The molecular weight excluding hydrogens is 356 g/mol. The Balaban J connectivity index is 1.39. The van der Waals surface area contributed by atoms with Crippen LogP contribution in [0.2, 0.25) is 0 Å². The third-order valence-corrected chi connectivity index (χ3v) is 4.79. The van der Waals surface area contributed by atoms with E-state index in [1.807, 2.05) is 12.1 Å². The summed E-state index contributed by atoms with van der Waals surface area (Å²) in [5.74, 6) is 1.46. The average molecular weight is 378 g/mol. The van der Waals surface area contributed by atoms with E-state index in [0.29, 0.717) is 29.7 Å². The lowest BCUT2D eigenvalue weighted by molar-refractivity contribution is 0.0950. The normalized spacial score (nSPS) is 14.2. The molecule has 0 atom stereocenters. The summed E-state index contributed by atoms with van der Waals surface area (Å²) in [6, 6.07) is 10.8. The van der Waals surface area contributed by atoms with Crippen molar-refractivity contribution >= 4 is 5.91 Å². The average Bonchev–Trinajstić information content (AvgIpc) is 3.39. The summed E-state index contributed by atoms with van der Waals surface area (Å²) in [6.45, 7) is 2.12. The SMILES string of the molecule is Cc1noc(-c2ccc(C(=O)NCc3cccnc3OC3CCCC3)cc2)n1. The Labute approximate surface area is 163 Å². The predicted molar refractivity (Wildman–Crippen MR) is 103 cm³/mol. The van der Waals surface area contributed by atoms with Gasteiger partial charge in [-0.15, -0.1) is 0 Å². The van der Waals surface area contributed by atoms with Crippen molar-refractivity contribution < 1.29 is 14.1 Å². The van der Waals surface area contributed by atoms with Crippen molar-refractivity contribution in [3.05, 3.63) is 59.5 Å². The molecule has 0 aliphatic heterocycles.